The molecule has 1 fully saturated rings. The number of rotatable bonds is 7. The van der Waals surface area contributed by atoms with Crippen LogP contribution in [0, 0.1) is 0 Å². The predicted molar refractivity (Wildman–Crippen MR) is 110 cm³/mol. The van der Waals surface area contributed by atoms with Crippen molar-refractivity contribution < 1.29 is 17.9 Å². The van der Waals surface area contributed by atoms with Crippen molar-refractivity contribution in [2.24, 2.45) is 0 Å². The Morgan fingerprint density at radius 1 is 1.18 bits per heavy atom. The fraction of sp³-hybridized carbons (Fsp3) is 0.421. The highest BCUT2D eigenvalue weighted by atomic mass is 32.2. The van der Waals surface area contributed by atoms with Crippen LogP contribution in [0.25, 0.3) is 0 Å². The second-order valence-corrected chi connectivity index (χ2v) is 9.82. The quantitative estimate of drug-likeness (QED) is 0.714. The average molecular weight is 424 g/mol. The van der Waals surface area contributed by atoms with Crippen molar-refractivity contribution in [2.45, 2.75) is 36.6 Å². The Labute approximate surface area is 169 Å². The van der Waals surface area contributed by atoms with Crippen LogP contribution < -0.4 is 19.7 Å². The van der Waals surface area contributed by atoms with E-state index < -0.39 is 10.0 Å². The normalized spacial score (nSPS) is 15.4. The van der Waals surface area contributed by atoms with Crippen molar-refractivity contribution in [2.75, 3.05) is 25.1 Å². The van der Waals surface area contributed by atoms with E-state index in [1.165, 1.54) is 18.3 Å². The van der Waals surface area contributed by atoms with Gasteiger partial charge in [0.2, 0.25) is 15.9 Å². The highest BCUT2D eigenvalue weighted by Crippen LogP contribution is 2.25. The molecule has 28 heavy (non-hydrogen) atoms. The molecular weight excluding hydrogens is 398 g/mol. The summed E-state index contributed by atoms with van der Waals surface area (Å²) < 4.78 is 33.6. The number of carbonyl (C=O) groups excluding carboxylic acids is 1. The molecule has 0 radical (unpaired) electrons. The number of nitrogens with zero attached hydrogens (tertiary/aromatic N) is 1. The maximum absolute atomic E-state index is 12.7. The molecule has 2 N–H and O–H groups in total. The number of hydrogen-bond donors (Lipinski definition) is 2. The lowest BCUT2D eigenvalue weighted by Crippen LogP contribution is -2.44. The van der Waals surface area contributed by atoms with E-state index in [9.17, 15) is 13.2 Å². The van der Waals surface area contributed by atoms with Crippen LogP contribution in [0.1, 0.15) is 24.6 Å². The van der Waals surface area contributed by atoms with Crippen LogP contribution in [0.5, 0.6) is 5.75 Å². The van der Waals surface area contributed by atoms with E-state index in [0.29, 0.717) is 6.54 Å². The van der Waals surface area contributed by atoms with Crippen LogP contribution in [0.3, 0.4) is 0 Å². The van der Waals surface area contributed by atoms with E-state index in [0.717, 1.165) is 42.2 Å². The summed E-state index contributed by atoms with van der Waals surface area (Å²) >= 11 is 1.18. The third kappa shape index (κ3) is 5.24. The number of carbonyl (C=O) groups is 1. The van der Waals surface area contributed by atoms with Gasteiger partial charge < -0.3 is 15.0 Å². The van der Waals surface area contributed by atoms with E-state index in [2.05, 4.69) is 14.9 Å². The molecule has 0 spiro atoms. The summed E-state index contributed by atoms with van der Waals surface area (Å²) in [6.45, 7) is 3.36. The largest absolute Gasteiger partial charge is 0.497 e. The number of methoxy groups -OCH3 is 1. The van der Waals surface area contributed by atoms with Crippen LogP contribution in [0.4, 0.5) is 5.69 Å². The summed E-state index contributed by atoms with van der Waals surface area (Å²) in [5.74, 6) is 0.680. The minimum absolute atomic E-state index is 0.0830. The molecular formula is C19H25N3O4S2. The molecule has 0 unspecified atom stereocenters. The number of sulfonamides is 1. The summed E-state index contributed by atoms with van der Waals surface area (Å²) in [6.07, 6.45) is 1.49. The minimum Gasteiger partial charge on any atom is -0.497 e. The van der Waals surface area contributed by atoms with Gasteiger partial charge in [-0.25, -0.2) is 13.1 Å². The van der Waals surface area contributed by atoms with Gasteiger partial charge in [0.05, 0.1) is 13.7 Å². The number of ether oxygens (including phenoxy) is 1. The fourth-order valence-electron chi connectivity index (χ4n) is 3.14. The first-order valence-electron chi connectivity index (χ1n) is 9.12. The second-order valence-electron chi connectivity index (χ2n) is 6.71. The Bertz CT molecular complexity index is 902. The second kappa shape index (κ2) is 8.93. The van der Waals surface area contributed by atoms with Crippen LogP contribution in [-0.2, 0) is 21.4 Å². The number of amides is 1. The lowest BCUT2D eigenvalue weighted by atomic mass is 10.1. The third-order valence-electron chi connectivity index (χ3n) is 4.67. The molecule has 0 atom stereocenters. The van der Waals surface area contributed by atoms with Gasteiger partial charge in [0, 0.05) is 36.6 Å². The van der Waals surface area contributed by atoms with Gasteiger partial charge in [-0.3, -0.25) is 4.79 Å². The van der Waals surface area contributed by atoms with E-state index in [-0.39, 0.29) is 16.2 Å². The van der Waals surface area contributed by atoms with Gasteiger partial charge in [0.1, 0.15) is 9.96 Å². The summed E-state index contributed by atoms with van der Waals surface area (Å²) in [4.78, 5) is 14.1. The van der Waals surface area contributed by atoms with Gasteiger partial charge in [0.25, 0.3) is 0 Å². The Morgan fingerprint density at radius 3 is 2.46 bits per heavy atom. The van der Waals surface area contributed by atoms with Gasteiger partial charge >= 0.3 is 0 Å². The van der Waals surface area contributed by atoms with E-state index >= 15 is 0 Å². The number of hydrogen-bond acceptors (Lipinski definition) is 6. The molecule has 0 bridgehead atoms. The van der Waals surface area contributed by atoms with Crippen LogP contribution in [-0.4, -0.2) is 40.6 Å². The molecule has 1 aromatic carbocycles. The summed E-state index contributed by atoms with van der Waals surface area (Å²) in [5, 5.41) is 2.68. The zero-order chi connectivity index (χ0) is 20.1. The summed E-state index contributed by atoms with van der Waals surface area (Å²) in [7, 11) is -1.91. The average Bonchev–Trinajstić information content (AvgIpc) is 3.17. The Balaban J connectivity index is 1.55. The van der Waals surface area contributed by atoms with Gasteiger partial charge in [-0.1, -0.05) is 0 Å². The third-order valence-corrected chi connectivity index (χ3v) is 7.77. The van der Waals surface area contributed by atoms with Gasteiger partial charge in [-0.15, -0.1) is 11.3 Å². The molecule has 1 aromatic heterocycles. The maximum Gasteiger partial charge on any atom is 0.250 e. The lowest BCUT2D eigenvalue weighted by Gasteiger charge is -2.33. The summed E-state index contributed by atoms with van der Waals surface area (Å²) in [6, 6.07) is 11.1. The lowest BCUT2D eigenvalue weighted by molar-refractivity contribution is -0.119. The van der Waals surface area contributed by atoms with Crippen molar-refractivity contribution in [3.05, 3.63) is 41.3 Å². The van der Waals surface area contributed by atoms with E-state index in [1.54, 1.807) is 19.2 Å². The molecule has 152 valence electrons. The van der Waals surface area contributed by atoms with Gasteiger partial charge in [0.15, 0.2) is 0 Å². The highest BCUT2D eigenvalue weighted by molar-refractivity contribution is 7.91. The standard InChI is InChI=1S/C19H25N3O4S2/c1-14(23)20-13-18-7-8-19(27-18)28(24,25)21-15-9-11-22(12-10-15)16-3-5-17(26-2)6-4-16/h3-8,15,21H,9-13H2,1-2H3,(H,20,23). The molecule has 0 saturated carbocycles. The predicted octanol–water partition coefficient (Wildman–Crippen LogP) is 2.34. The molecule has 1 aliphatic heterocycles. The molecule has 0 aliphatic carbocycles. The zero-order valence-corrected chi connectivity index (χ0v) is 17.6. The molecule has 1 amide bonds. The van der Waals surface area contributed by atoms with E-state index in [1.807, 2.05) is 24.3 Å². The zero-order valence-electron chi connectivity index (χ0n) is 16.0. The number of thiophene rings is 1. The summed E-state index contributed by atoms with van der Waals surface area (Å²) in [5.41, 5.74) is 1.11. The van der Waals surface area contributed by atoms with Crippen molar-refractivity contribution in [1.29, 1.82) is 0 Å². The molecule has 2 heterocycles. The Morgan fingerprint density at radius 2 is 1.86 bits per heavy atom. The molecule has 3 rings (SSSR count). The van der Waals surface area contributed by atoms with Crippen LogP contribution in [0.2, 0.25) is 0 Å². The minimum atomic E-state index is -3.55. The highest BCUT2D eigenvalue weighted by Gasteiger charge is 2.25. The Hall–Kier alpha value is -2.10. The van der Waals surface area contributed by atoms with Gasteiger partial charge in [-0.2, -0.15) is 0 Å². The van der Waals surface area contributed by atoms with Crippen molar-refractivity contribution in [3.63, 3.8) is 0 Å². The van der Waals surface area contributed by atoms with E-state index in [4.69, 9.17) is 4.74 Å². The van der Waals surface area contributed by atoms with Crippen molar-refractivity contribution in [1.82, 2.24) is 10.0 Å². The number of nitrogens with one attached hydrogen (secondary N) is 2. The smallest absolute Gasteiger partial charge is 0.250 e. The first-order valence-corrected chi connectivity index (χ1v) is 11.4. The number of anilines is 1. The van der Waals surface area contributed by atoms with Crippen LogP contribution >= 0.6 is 11.3 Å². The van der Waals surface area contributed by atoms with Gasteiger partial charge in [-0.05, 0) is 49.2 Å². The Kier molecular flexibility index (Phi) is 6.58. The maximum atomic E-state index is 12.7. The SMILES string of the molecule is COc1ccc(N2CCC(NS(=O)(=O)c3ccc(CNC(C)=O)s3)CC2)cc1. The molecule has 9 heteroatoms. The topological polar surface area (TPSA) is 87.7 Å². The van der Waals surface area contributed by atoms with Crippen LogP contribution in [0.15, 0.2) is 40.6 Å². The first kappa shape index (κ1) is 20.6. The number of benzene rings is 1. The first-order chi connectivity index (χ1) is 13.4. The molecule has 1 aliphatic rings. The monoisotopic (exact) mass is 423 g/mol. The molecule has 1 saturated heterocycles. The molecule has 2 aromatic rings. The fourth-order valence-corrected chi connectivity index (χ4v) is 5.75. The van der Waals surface area contributed by atoms with Crippen molar-refractivity contribution in [3.8, 4) is 5.75 Å². The van der Waals surface area contributed by atoms with Crippen molar-refractivity contribution >= 4 is 33.0 Å². The number of piperidine rings is 1. The molecule has 7 nitrogen and oxygen atoms in total.